The average molecular weight is 634 g/mol. The summed E-state index contributed by atoms with van der Waals surface area (Å²) in [5.41, 5.74) is 12.3. The fourth-order valence-electron chi connectivity index (χ4n) is 3.40. The molecular weight excluding hydrogens is 599 g/mol. The molecule has 2 amide bonds. The number of carbonyl (C=O) groups excluding carboxylic acids is 2. The molecular formula is C29H34F3N7O6. The van der Waals surface area contributed by atoms with E-state index in [0.717, 1.165) is 0 Å². The van der Waals surface area contributed by atoms with Crippen LogP contribution in [0.2, 0.25) is 0 Å². The van der Waals surface area contributed by atoms with E-state index in [1.165, 1.54) is 12.3 Å². The van der Waals surface area contributed by atoms with Gasteiger partial charge in [0.25, 0.3) is 11.8 Å². The molecule has 0 radical (unpaired) electrons. The quantitative estimate of drug-likeness (QED) is 0.0982. The van der Waals surface area contributed by atoms with Crippen molar-refractivity contribution in [3.8, 4) is 11.5 Å². The Bertz CT molecular complexity index is 1440. The highest BCUT2D eigenvalue weighted by Gasteiger charge is 2.38. The van der Waals surface area contributed by atoms with Gasteiger partial charge in [-0.05, 0) is 75.1 Å². The third-order valence-electron chi connectivity index (χ3n) is 5.56. The smallest absolute Gasteiger partial charge is 0.490 e. The van der Waals surface area contributed by atoms with Gasteiger partial charge in [-0.3, -0.25) is 30.8 Å². The van der Waals surface area contributed by atoms with Gasteiger partial charge in [-0.15, -0.1) is 0 Å². The molecule has 0 fully saturated rings. The van der Waals surface area contributed by atoms with Crippen molar-refractivity contribution in [3.63, 3.8) is 0 Å². The molecule has 16 heteroatoms. The number of hydrazine groups is 1. The van der Waals surface area contributed by atoms with Gasteiger partial charge in [0.2, 0.25) is 0 Å². The van der Waals surface area contributed by atoms with Crippen LogP contribution in [0.15, 0.2) is 66.9 Å². The Morgan fingerprint density at radius 3 is 2.16 bits per heavy atom. The lowest BCUT2D eigenvalue weighted by atomic mass is 10.0. The Balaban J connectivity index is 0.000000900. The highest BCUT2D eigenvalue weighted by Crippen LogP contribution is 2.29. The number of ether oxygens (including phenoxy) is 2. The number of carboxylic acid groups (broad SMARTS) is 1. The zero-order chi connectivity index (χ0) is 33.6. The minimum atomic E-state index is -5.08. The van der Waals surface area contributed by atoms with Crippen LogP contribution >= 0.6 is 0 Å². The molecule has 3 rings (SSSR count). The molecule has 0 spiro atoms. The minimum Gasteiger partial charge on any atom is -0.494 e. The Hall–Kier alpha value is -5.38. The summed E-state index contributed by atoms with van der Waals surface area (Å²) in [6, 6.07) is 16.0. The molecule has 0 saturated heterocycles. The van der Waals surface area contributed by atoms with Gasteiger partial charge in [0.05, 0.1) is 6.61 Å². The van der Waals surface area contributed by atoms with E-state index < -0.39 is 30.0 Å². The van der Waals surface area contributed by atoms with Gasteiger partial charge in [-0.1, -0.05) is 6.07 Å². The molecule has 3 aromatic rings. The van der Waals surface area contributed by atoms with Crippen molar-refractivity contribution in [2.45, 2.75) is 19.1 Å². The fraction of sp³-hybridized carbons (Fsp3) is 0.276. The topological polar surface area (TPSA) is 192 Å². The third kappa shape index (κ3) is 12.4. The fourth-order valence-corrected chi connectivity index (χ4v) is 3.40. The lowest BCUT2D eigenvalue weighted by molar-refractivity contribution is -0.192. The predicted octanol–water partition coefficient (Wildman–Crippen LogP) is 2.95. The van der Waals surface area contributed by atoms with E-state index in [2.05, 4.69) is 21.2 Å². The van der Waals surface area contributed by atoms with E-state index in [4.69, 9.17) is 30.5 Å². The largest absolute Gasteiger partial charge is 0.494 e. The molecule has 0 aliphatic carbocycles. The summed E-state index contributed by atoms with van der Waals surface area (Å²) in [5, 5.41) is 17.9. The van der Waals surface area contributed by atoms with Gasteiger partial charge in [-0.2, -0.15) is 13.2 Å². The van der Waals surface area contributed by atoms with Gasteiger partial charge in [0, 0.05) is 30.1 Å². The van der Waals surface area contributed by atoms with E-state index >= 15 is 0 Å². The maximum atomic E-state index is 13.4. The molecule has 1 unspecified atom stereocenters. The molecule has 1 atom stereocenters. The third-order valence-corrected chi connectivity index (χ3v) is 5.56. The number of hydrogen-bond donors (Lipinski definition) is 6. The molecule has 0 aliphatic rings. The number of amidine groups is 1. The van der Waals surface area contributed by atoms with Crippen LogP contribution in [0.25, 0.3) is 0 Å². The van der Waals surface area contributed by atoms with Crippen molar-refractivity contribution in [1.82, 2.24) is 20.7 Å². The number of rotatable bonds is 12. The lowest BCUT2D eigenvalue weighted by Crippen LogP contribution is -2.45. The summed E-state index contributed by atoms with van der Waals surface area (Å²) in [7, 11) is 3.90. The number of nitrogens with one attached hydrogen (secondary N) is 4. The molecule has 242 valence electrons. The second-order valence-corrected chi connectivity index (χ2v) is 9.35. The van der Waals surface area contributed by atoms with Crippen LogP contribution in [-0.4, -0.2) is 78.6 Å². The molecule has 0 aliphatic heterocycles. The van der Waals surface area contributed by atoms with Gasteiger partial charge in [-0.25, -0.2) is 4.79 Å². The summed E-state index contributed by atoms with van der Waals surface area (Å²) in [6.45, 7) is 3.44. The first kappa shape index (κ1) is 35.8. The number of likely N-dealkylation sites (N-methyl/N-ethyl adjacent to an activating group) is 1. The van der Waals surface area contributed by atoms with Crippen molar-refractivity contribution < 1.29 is 42.1 Å². The molecule has 0 bridgehead atoms. The average Bonchev–Trinajstić information content (AvgIpc) is 2.99. The van der Waals surface area contributed by atoms with Crippen molar-refractivity contribution in [3.05, 3.63) is 83.7 Å². The Labute approximate surface area is 257 Å². The number of hydrogen-bond acceptors (Lipinski definition) is 9. The number of carboxylic acids is 1. The van der Waals surface area contributed by atoms with Crippen LogP contribution in [0.3, 0.4) is 0 Å². The van der Waals surface area contributed by atoms with Crippen LogP contribution in [0.4, 0.5) is 18.9 Å². The number of carbonyl (C=O) groups is 3. The summed E-state index contributed by atoms with van der Waals surface area (Å²) in [5.74, 6) is -2.83. The molecule has 45 heavy (non-hydrogen) atoms. The maximum Gasteiger partial charge on any atom is 0.490 e. The predicted molar refractivity (Wildman–Crippen MR) is 159 cm³/mol. The van der Waals surface area contributed by atoms with Gasteiger partial charge < -0.3 is 30.5 Å². The van der Waals surface area contributed by atoms with Gasteiger partial charge in [0.15, 0.2) is 0 Å². The molecule has 1 heterocycles. The van der Waals surface area contributed by atoms with Crippen molar-refractivity contribution in [2.24, 2.45) is 5.73 Å². The number of nitrogen functional groups attached to an aromatic ring is 1. The summed E-state index contributed by atoms with van der Waals surface area (Å²) in [6.07, 6.45) is -3.59. The van der Waals surface area contributed by atoms with E-state index in [1.807, 2.05) is 25.9 Å². The Morgan fingerprint density at radius 2 is 1.64 bits per heavy atom. The van der Waals surface area contributed by atoms with E-state index in [0.29, 0.717) is 48.1 Å². The zero-order valence-electron chi connectivity index (χ0n) is 24.6. The molecule has 13 nitrogen and oxygen atoms in total. The van der Waals surface area contributed by atoms with Crippen molar-refractivity contribution >= 4 is 29.3 Å². The maximum absolute atomic E-state index is 13.4. The number of pyridine rings is 1. The highest BCUT2D eigenvalue weighted by atomic mass is 19.4. The van der Waals surface area contributed by atoms with Crippen molar-refractivity contribution in [2.75, 3.05) is 39.2 Å². The summed E-state index contributed by atoms with van der Waals surface area (Å²) < 4.78 is 43.4. The second kappa shape index (κ2) is 17.0. The first-order chi connectivity index (χ1) is 21.2. The molecule has 0 saturated carbocycles. The number of nitrogens with two attached hydrogens (primary N) is 1. The first-order valence-corrected chi connectivity index (χ1v) is 13.3. The molecule has 1 aromatic heterocycles. The number of anilines is 1. The Morgan fingerprint density at radius 1 is 1.02 bits per heavy atom. The van der Waals surface area contributed by atoms with E-state index in [-0.39, 0.29) is 11.5 Å². The summed E-state index contributed by atoms with van der Waals surface area (Å²) >= 11 is 0. The highest BCUT2D eigenvalue weighted by molar-refractivity contribution is 5.96. The summed E-state index contributed by atoms with van der Waals surface area (Å²) in [4.78, 5) is 40.7. The second-order valence-electron chi connectivity index (χ2n) is 9.35. The van der Waals surface area contributed by atoms with Crippen LogP contribution in [0.1, 0.15) is 34.6 Å². The monoisotopic (exact) mass is 633 g/mol. The number of benzene rings is 2. The van der Waals surface area contributed by atoms with Crippen LogP contribution in [0, 0.1) is 5.41 Å². The Kier molecular flexibility index (Phi) is 13.6. The number of amides is 2. The van der Waals surface area contributed by atoms with E-state index in [9.17, 15) is 22.8 Å². The minimum absolute atomic E-state index is 0.0630. The van der Waals surface area contributed by atoms with Crippen LogP contribution in [0.5, 0.6) is 11.5 Å². The number of alkyl halides is 3. The van der Waals surface area contributed by atoms with Crippen molar-refractivity contribution in [1.29, 1.82) is 5.41 Å². The SMILES string of the molecule is CCOc1cc(OCCN(C)C)cc(C(Nc2ccc(C(=N)N)cc2)C(=O)NNC(=O)c2ccccn2)c1.O=C(O)C(F)(F)F. The molecule has 2 aromatic carbocycles. The normalized spacial score (nSPS) is 11.4. The number of halogens is 3. The van der Waals surface area contributed by atoms with Crippen LogP contribution in [-0.2, 0) is 9.59 Å². The lowest BCUT2D eigenvalue weighted by Gasteiger charge is -2.22. The standard InChI is InChI=1S/C27H33N7O4.C2HF3O2/c1-4-37-21-15-19(16-22(17-21)38-14-13-34(2)3)24(31-20-10-8-18(9-11-20)25(28)29)27(36)33-32-26(35)23-7-5-6-12-30-23;3-2(4,5)1(6)7/h5-12,15-17,24,31H,4,13-14H2,1-3H3,(H3,28,29)(H,32,35)(H,33,36);(H,6,7). The number of nitrogens with zero attached hydrogens (tertiary/aromatic N) is 2. The first-order valence-electron chi connectivity index (χ1n) is 13.3. The van der Waals surface area contributed by atoms with Gasteiger partial charge >= 0.3 is 12.1 Å². The molecule has 7 N–H and O–H groups in total. The number of aliphatic carboxylic acids is 1. The van der Waals surface area contributed by atoms with Crippen LogP contribution < -0.4 is 31.4 Å². The van der Waals surface area contributed by atoms with Gasteiger partial charge in [0.1, 0.15) is 35.7 Å². The number of aromatic nitrogens is 1. The zero-order valence-corrected chi connectivity index (χ0v) is 24.6. The van der Waals surface area contributed by atoms with E-state index in [1.54, 1.807) is 54.6 Å².